The zero-order chi connectivity index (χ0) is 23.0. The number of halogens is 3. The third kappa shape index (κ3) is 7.67. The molecule has 0 radical (unpaired) electrons. The number of hydrogen-bond donors (Lipinski definition) is 4. The van der Waals surface area contributed by atoms with Gasteiger partial charge in [0.05, 0.1) is 0 Å². The summed E-state index contributed by atoms with van der Waals surface area (Å²) in [5.74, 6) is 1.98. The molecule has 0 amide bonds. The highest BCUT2D eigenvalue weighted by Crippen LogP contribution is 2.18. The Kier molecular flexibility index (Phi) is 8.98. The number of aromatic nitrogens is 8. The monoisotopic (exact) mass is 482 g/mol. The molecule has 5 N–H and O–H groups in total. The largest absolute Gasteiger partial charge is 0.382 e. The van der Waals surface area contributed by atoms with Crippen molar-refractivity contribution in [3.8, 4) is 0 Å². The molecule has 0 bridgehead atoms. The lowest BCUT2D eigenvalue weighted by molar-refractivity contribution is 1.04. The van der Waals surface area contributed by atoms with Gasteiger partial charge in [0.1, 0.15) is 16.8 Å². The molecule has 10 nitrogen and oxygen atoms in total. The molecule has 0 aliphatic carbocycles. The van der Waals surface area contributed by atoms with Gasteiger partial charge in [-0.3, -0.25) is 10.2 Å². The van der Waals surface area contributed by atoms with Gasteiger partial charge in [-0.25, -0.2) is 19.9 Å². The number of aryl methyl sites for hydroxylation is 2. The van der Waals surface area contributed by atoms with E-state index in [-0.39, 0.29) is 10.6 Å². The molecule has 4 aromatic heterocycles. The minimum Gasteiger partial charge on any atom is -0.382 e. The molecule has 164 valence electrons. The molecule has 0 spiro atoms. The van der Waals surface area contributed by atoms with Gasteiger partial charge in [-0.1, -0.05) is 11.6 Å². The van der Waals surface area contributed by atoms with Crippen molar-refractivity contribution in [2.45, 2.75) is 27.7 Å². The normalized spacial score (nSPS) is 9.90. The van der Waals surface area contributed by atoms with Crippen molar-refractivity contribution in [1.82, 2.24) is 40.3 Å². The first-order chi connectivity index (χ1) is 14.7. The van der Waals surface area contributed by atoms with Crippen LogP contribution in [-0.2, 0) is 0 Å². The number of H-pyrrole nitrogens is 2. The van der Waals surface area contributed by atoms with Gasteiger partial charge in [-0.2, -0.15) is 10.2 Å². The van der Waals surface area contributed by atoms with Crippen LogP contribution in [0.3, 0.4) is 0 Å². The van der Waals surface area contributed by atoms with Gasteiger partial charge in [0.25, 0.3) is 0 Å². The van der Waals surface area contributed by atoms with Crippen molar-refractivity contribution in [3.63, 3.8) is 0 Å². The minimum atomic E-state index is 0.178. The van der Waals surface area contributed by atoms with Crippen LogP contribution >= 0.6 is 34.8 Å². The Bertz CT molecular complexity index is 1090. The van der Waals surface area contributed by atoms with Crippen LogP contribution < -0.4 is 11.1 Å². The molecular formula is C18H21Cl3N10. The third-order valence-electron chi connectivity index (χ3n) is 4.01. The Labute approximate surface area is 194 Å². The van der Waals surface area contributed by atoms with E-state index in [0.29, 0.717) is 16.8 Å². The second-order valence-corrected chi connectivity index (χ2v) is 7.23. The Morgan fingerprint density at radius 1 is 0.806 bits per heavy atom. The number of nitrogens with zero attached hydrogens (tertiary/aromatic N) is 6. The van der Waals surface area contributed by atoms with Crippen LogP contribution in [0.2, 0.25) is 15.7 Å². The summed E-state index contributed by atoms with van der Waals surface area (Å²) < 4.78 is 0. The van der Waals surface area contributed by atoms with E-state index in [2.05, 4.69) is 45.6 Å². The van der Waals surface area contributed by atoms with Crippen LogP contribution in [-0.4, -0.2) is 40.3 Å². The summed E-state index contributed by atoms with van der Waals surface area (Å²) >= 11 is 16.4. The number of hydrogen-bond acceptors (Lipinski definition) is 8. The molecule has 4 heterocycles. The highest BCUT2D eigenvalue weighted by atomic mass is 35.5. The standard InChI is InChI=1S/C9H10ClN5.C5H9N3.C4H2Cl2N2/c1-5-6(2)14-15-8(5)12-7-3-4-11-9(10)13-7;1-3-4(2)7-8-5(3)6;5-3-1-2-7-4(6)8-3/h3-4H,1-2H3,(H2,11,12,13,14,15);1-2H3,(H3,6,7,8);1-2H. The quantitative estimate of drug-likeness (QED) is 0.239. The van der Waals surface area contributed by atoms with Crippen LogP contribution in [0.15, 0.2) is 24.5 Å². The van der Waals surface area contributed by atoms with E-state index in [1.807, 2.05) is 27.7 Å². The maximum absolute atomic E-state index is 5.67. The molecule has 0 saturated heterocycles. The Morgan fingerprint density at radius 2 is 1.39 bits per heavy atom. The fourth-order valence-electron chi connectivity index (χ4n) is 1.95. The lowest BCUT2D eigenvalue weighted by Crippen LogP contribution is -1.96. The summed E-state index contributed by atoms with van der Waals surface area (Å²) in [5.41, 5.74) is 9.57. The van der Waals surface area contributed by atoms with E-state index < -0.39 is 0 Å². The zero-order valence-corrected chi connectivity index (χ0v) is 19.5. The van der Waals surface area contributed by atoms with E-state index in [1.54, 1.807) is 18.3 Å². The van der Waals surface area contributed by atoms with Gasteiger partial charge in [0.2, 0.25) is 10.6 Å². The van der Waals surface area contributed by atoms with E-state index in [1.165, 1.54) is 6.20 Å². The van der Waals surface area contributed by atoms with Crippen molar-refractivity contribution >= 4 is 52.3 Å². The average molecular weight is 484 g/mol. The average Bonchev–Trinajstić information content (AvgIpc) is 3.19. The highest BCUT2D eigenvalue weighted by Gasteiger charge is 2.06. The summed E-state index contributed by atoms with van der Waals surface area (Å²) in [7, 11) is 0. The molecule has 0 saturated carbocycles. The molecular weight excluding hydrogens is 463 g/mol. The Hall–Kier alpha value is -2.95. The molecule has 31 heavy (non-hydrogen) atoms. The summed E-state index contributed by atoms with van der Waals surface area (Å²) in [6.45, 7) is 7.82. The fourth-order valence-corrected chi connectivity index (χ4v) is 2.43. The molecule has 0 aliphatic rings. The van der Waals surface area contributed by atoms with Gasteiger partial charge in [0.15, 0.2) is 5.82 Å². The van der Waals surface area contributed by atoms with E-state index in [4.69, 9.17) is 40.5 Å². The molecule has 13 heteroatoms. The molecule has 0 fully saturated rings. The minimum absolute atomic E-state index is 0.178. The second-order valence-electron chi connectivity index (χ2n) is 6.17. The van der Waals surface area contributed by atoms with Crippen LogP contribution in [0, 0.1) is 27.7 Å². The molecule has 4 aromatic rings. The molecule has 0 atom stereocenters. The molecule has 4 rings (SSSR count). The predicted molar refractivity (Wildman–Crippen MR) is 123 cm³/mol. The van der Waals surface area contributed by atoms with Crippen molar-refractivity contribution in [1.29, 1.82) is 0 Å². The van der Waals surface area contributed by atoms with Crippen molar-refractivity contribution in [2.75, 3.05) is 11.1 Å². The van der Waals surface area contributed by atoms with E-state index in [9.17, 15) is 0 Å². The van der Waals surface area contributed by atoms with Crippen molar-refractivity contribution in [2.24, 2.45) is 0 Å². The van der Waals surface area contributed by atoms with E-state index in [0.717, 1.165) is 28.3 Å². The predicted octanol–water partition coefficient (Wildman–Crippen LogP) is 4.61. The van der Waals surface area contributed by atoms with Gasteiger partial charge in [-0.05, 0) is 63.0 Å². The van der Waals surface area contributed by atoms with Crippen molar-refractivity contribution < 1.29 is 0 Å². The van der Waals surface area contributed by atoms with Gasteiger partial charge < -0.3 is 11.1 Å². The number of rotatable bonds is 2. The SMILES string of the molecule is Cc1[nH]nc(N)c1C.Cc1[nH]nc(Nc2ccnc(Cl)n2)c1C.Clc1ccnc(Cl)n1. The maximum Gasteiger partial charge on any atom is 0.224 e. The fraction of sp³-hybridized carbons (Fsp3) is 0.222. The number of nitrogens with one attached hydrogen (secondary N) is 3. The lowest BCUT2D eigenvalue weighted by Gasteiger charge is -2.02. The van der Waals surface area contributed by atoms with Gasteiger partial charge in [-0.15, -0.1) is 0 Å². The first-order valence-corrected chi connectivity index (χ1v) is 9.99. The van der Waals surface area contributed by atoms with Crippen LogP contribution in [0.25, 0.3) is 0 Å². The molecule has 0 aromatic carbocycles. The van der Waals surface area contributed by atoms with Crippen molar-refractivity contribution in [3.05, 3.63) is 62.8 Å². The van der Waals surface area contributed by atoms with E-state index >= 15 is 0 Å². The first kappa shape index (κ1) is 24.3. The van der Waals surface area contributed by atoms with Gasteiger partial charge in [0, 0.05) is 34.9 Å². The van der Waals surface area contributed by atoms with Gasteiger partial charge >= 0.3 is 0 Å². The Morgan fingerprint density at radius 3 is 1.77 bits per heavy atom. The summed E-state index contributed by atoms with van der Waals surface area (Å²) in [4.78, 5) is 15.0. The third-order valence-corrected chi connectivity index (χ3v) is 4.58. The summed E-state index contributed by atoms with van der Waals surface area (Å²) in [6, 6.07) is 3.29. The number of anilines is 3. The van der Waals surface area contributed by atoms with Crippen LogP contribution in [0.4, 0.5) is 17.5 Å². The topological polar surface area (TPSA) is 147 Å². The lowest BCUT2D eigenvalue weighted by atomic mass is 10.3. The second kappa shape index (κ2) is 11.4. The number of nitrogens with two attached hydrogens (primary N) is 1. The zero-order valence-electron chi connectivity index (χ0n) is 17.2. The van der Waals surface area contributed by atoms with Crippen LogP contribution in [0.5, 0.6) is 0 Å². The smallest absolute Gasteiger partial charge is 0.224 e. The highest BCUT2D eigenvalue weighted by molar-refractivity contribution is 6.31. The first-order valence-electron chi connectivity index (χ1n) is 8.85. The number of nitrogen functional groups attached to an aromatic ring is 1. The number of aromatic amines is 2. The summed E-state index contributed by atoms with van der Waals surface area (Å²) in [5, 5.41) is 17.3. The summed E-state index contributed by atoms with van der Waals surface area (Å²) in [6.07, 6.45) is 3.09. The molecule has 0 unspecified atom stereocenters. The Balaban J connectivity index is 0.000000181. The molecule has 0 aliphatic heterocycles. The maximum atomic E-state index is 5.67. The van der Waals surface area contributed by atoms with Crippen LogP contribution in [0.1, 0.15) is 22.5 Å².